The van der Waals surface area contributed by atoms with Crippen molar-refractivity contribution in [2.45, 2.75) is 114 Å². The first-order chi connectivity index (χ1) is 23.6. The second-order valence-corrected chi connectivity index (χ2v) is 18.6. The molecule has 8 heteroatoms. The molecule has 0 bridgehead atoms. The molecule has 3 aromatic heterocycles. The maximum absolute atomic E-state index is 12.2. The van der Waals surface area contributed by atoms with Gasteiger partial charge >= 0.3 is 0 Å². The third-order valence-corrected chi connectivity index (χ3v) is 14.1. The number of rotatable bonds is 10. The van der Waals surface area contributed by atoms with E-state index >= 15 is 0 Å². The third-order valence-electron chi connectivity index (χ3n) is 10.9. The van der Waals surface area contributed by atoms with Gasteiger partial charge in [0.05, 0.1) is 12.4 Å². The van der Waals surface area contributed by atoms with Gasteiger partial charge in [0.15, 0.2) is 5.78 Å². The van der Waals surface area contributed by atoms with Crippen molar-refractivity contribution < 1.29 is 30.0 Å². The number of anilines is 1. The molecule has 5 aromatic rings. The molecule has 4 nitrogen and oxygen atoms in total. The number of thiophene rings is 3. The molecule has 0 spiro atoms. The minimum atomic E-state index is -0.337. The van der Waals surface area contributed by atoms with Gasteiger partial charge in [-0.1, -0.05) is 93.4 Å². The van der Waals surface area contributed by atoms with E-state index in [0.29, 0.717) is 12.6 Å². The molecular formula is C43H55IrN2O2S3-. The van der Waals surface area contributed by atoms with E-state index in [-0.39, 0.29) is 47.9 Å². The standard InChI is InChI=1S/C28H27N2S3.C15H28O2.Ir/c1-15(2)10-18-13-32-21-7-6-19-24-27(33-26(19)22(18)21)23(29-14-30-24)17-11-16-8-9-31-25(16)20(12-17)28(3,4)5;1-7-14(5,8-2)12(16)11-13(17)15(6,9-3)10-4;/h6-9,12-13,15,30H,10,14H2,1-5H3;11,16H,7-10H2,1-6H3;/q-1;;/b;12-11-;. The summed E-state index contributed by atoms with van der Waals surface area (Å²) >= 11 is 5.58. The zero-order valence-electron chi connectivity index (χ0n) is 32.2. The van der Waals surface area contributed by atoms with Crippen LogP contribution < -0.4 is 5.32 Å². The molecule has 1 aliphatic heterocycles. The summed E-state index contributed by atoms with van der Waals surface area (Å²) in [7, 11) is 0. The molecule has 0 amide bonds. The number of hydrogen-bond donors (Lipinski definition) is 2. The Morgan fingerprint density at radius 2 is 1.65 bits per heavy atom. The smallest absolute Gasteiger partial charge is 0.164 e. The van der Waals surface area contributed by atoms with E-state index in [0.717, 1.165) is 43.4 Å². The summed E-state index contributed by atoms with van der Waals surface area (Å²) in [6.07, 6.45) is 5.87. The van der Waals surface area contributed by atoms with E-state index < -0.39 is 0 Å². The van der Waals surface area contributed by atoms with E-state index in [9.17, 15) is 9.90 Å². The second kappa shape index (κ2) is 16.3. The van der Waals surface area contributed by atoms with Gasteiger partial charge in [0.25, 0.3) is 0 Å². The predicted molar refractivity (Wildman–Crippen MR) is 222 cm³/mol. The number of nitrogens with one attached hydrogen (secondary N) is 1. The summed E-state index contributed by atoms with van der Waals surface area (Å²) in [5, 5.41) is 22.2. The molecule has 6 rings (SSSR count). The fourth-order valence-electron chi connectivity index (χ4n) is 6.52. The monoisotopic (exact) mass is 920 g/mol. The fraction of sp³-hybridized carbons (Fsp3) is 0.488. The van der Waals surface area contributed by atoms with E-state index in [1.54, 1.807) is 0 Å². The average Bonchev–Trinajstić information content (AvgIpc) is 3.83. The van der Waals surface area contributed by atoms with Crippen molar-refractivity contribution in [3.63, 3.8) is 0 Å². The van der Waals surface area contributed by atoms with Crippen LogP contribution in [0.5, 0.6) is 0 Å². The fourth-order valence-corrected chi connectivity index (χ4v) is 10.0. The van der Waals surface area contributed by atoms with Crippen molar-refractivity contribution in [1.29, 1.82) is 0 Å². The molecule has 277 valence electrons. The topological polar surface area (TPSA) is 61.7 Å². The molecule has 0 atom stereocenters. The normalized spacial score (nSPS) is 13.9. The Labute approximate surface area is 331 Å². The van der Waals surface area contributed by atoms with Crippen molar-refractivity contribution >= 4 is 81.5 Å². The van der Waals surface area contributed by atoms with Gasteiger partial charge in [0.1, 0.15) is 5.76 Å². The Bertz CT molecular complexity index is 2060. The average molecular weight is 920 g/mol. The molecule has 1 aliphatic rings. The van der Waals surface area contributed by atoms with Crippen molar-refractivity contribution in [2.75, 3.05) is 12.0 Å². The minimum absolute atomic E-state index is 0. The predicted octanol–water partition coefficient (Wildman–Crippen LogP) is 13.5. The van der Waals surface area contributed by atoms with Gasteiger partial charge in [-0.05, 0) is 70.5 Å². The zero-order valence-corrected chi connectivity index (χ0v) is 37.1. The summed E-state index contributed by atoms with van der Waals surface area (Å²) in [5.74, 6) is 0.930. The molecule has 0 aliphatic carbocycles. The van der Waals surface area contributed by atoms with Crippen molar-refractivity contribution in [1.82, 2.24) is 0 Å². The number of fused-ring (bicyclic) bond motifs is 6. The van der Waals surface area contributed by atoms with Crippen LogP contribution >= 0.6 is 34.0 Å². The van der Waals surface area contributed by atoms with Crippen molar-refractivity contribution in [3.05, 3.63) is 74.5 Å². The first-order valence-electron chi connectivity index (χ1n) is 18.2. The van der Waals surface area contributed by atoms with Crippen molar-refractivity contribution in [3.8, 4) is 0 Å². The van der Waals surface area contributed by atoms with Crippen LogP contribution in [-0.2, 0) is 36.7 Å². The van der Waals surface area contributed by atoms with E-state index in [4.69, 9.17) is 4.99 Å². The number of hydrogen-bond acceptors (Lipinski definition) is 7. The Hall–Kier alpha value is -2.35. The van der Waals surface area contributed by atoms with Crippen LogP contribution in [0, 0.1) is 22.8 Å². The Kier molecular flexibility index (Phi) is 13.3. The Morgan fingerprint density at radius 3 is 2.25 bits per heavy atom. The SMILES string of the molecule is CC(C)Cc1csc2ccc3c4c(sc3c12)C(c1[c-]c2ccsc2c(C(C)(C)C)c1)=NCN4.CCC(C)(CC)C(=O)/C=C(\O)C(C)(CC)CC.[Ir]. The number of allylic oxidation sites excluding steroid dienone is 2. The maximum atomic E-state index is 12.2. The molecule has 1 radical (unpaired) electrons. The number of aliphatic hydroxyl groups is 1. The molecule has 0 unspecified atom stereocenters. The Morgan fingerprint density at radius 1 is 0.980 bits per heavy atom. The van der Waals surface area contributed by atoms with Gasteiger partial charge in [-0.25, -0.2) is 0 Å². The number of nitrogens with zero attached hydrogens (tertiary/aromatic N) is 1. The molecule has 4 heterocycles. The van der Waals surface area contributed by atoms with Crippen LogP contribution in [0.25, 0.3) is 30.3 Å². The number of benzene rings is 2. The van der Waals surface area contributed by atoms with Crippen LogP contribution in [0.15, 0.2) is 51.9 Å². The molecule has 2 aromatic carbocycles. The molecule has 2 N–H and O–H groups in total. The van der Waals surface area contributed by atoms with Crippen LogP contribution in [0.2, 0.25) is 0 Å². The first kappa shape index (κ1) is 41.4. The largest absolute Gasteiger partial charge is 0.512 e. The van der Waals surface area contributed by atoms with Crippen molar-refractivity contribution in [2.24, 2.45) is 21.7 Å². The van der Waals surface area contributed by atoms with Gasteiger partial charge in [0, 0.05) is 67.8 Å². The maximum Gasteiger partial charge on any atom is 0.164 e. The summed E-state index contributed by atoms with van der Waals surface area (Å²) in [4.78, 5) is 18.4. The van der Waals surface area contributed by atoms with Gasteiger partial charge in [-0.3, -0.25) is 4.79 Å². The van der Waals surface area contributed by atoms with Crippen LogP contribution in [-0.4, -0.2) is 23.3 Å². The van der Waals surface area contributed by atoms with E-state index in [1.807, 2.05) is 75.6 Å². The number of ketones is 1. The molecule has 51 heavy (non-hydrogen) atoms. The molecule has 0 saturated heterocycles. The summed E-state index contributed by atoms with van der Waals surface area (Å²) in [6.45, 7) is 24.2. The second-order valence-electron chi connectivity index (χ2n) is 15.8. The van der Waals surface area contributed by atoms with Gasteiger partial charge < -0.3 is 15.4 Å². The summed E-state index contributed by atoms with van der Waals surface area (Å²) < 4.78 is 4.12. The van der Waals surface area contributed by atoms with Gasteiger partial charge in [0.2, 0.25) is 0 Å². The van der Waals surface area contributed by atoms with Crippen LogP contribution in [0.3, 0.4) is 0 Å². The summed E-state index contributed by atoms with van der Waals surface area (Å²) in [6, 6.07) is 12.8. The minimum Gasteiger partial charge on any atom is -0.512 e. The van der Waals surface area contributed by atoms with Crippen LogP contribution in [0.4, 0.5) is 5.69 Å². The number of aliphatic hydroxyl groups excluding tert-OH is 1. The quantitative estimate of drug-likeness (QED) is 0.0833. The molecule has 0 fully saturated rings. The molecular weight excluding hydrogens is 865 g/mol. The van der Waals surface area contributed by atoms with E-state index in [2.05, 4.69) is 81.0 Å². The van der Waals surface area contributed by atoms with Gasteiger partial charge in [-0.2, -0.15) is 11.3 Å². The van der Waals surface area contributed by atoms with E-state index in [1.165, 1.54) is 58.0 Å². The Balaban J connectivity index is 0.000000279. The van der Waals surface area contributed by atoms with Crippen LogP contribution in [0.1, 0.15) is 123 Å². The number of aliphatic imine (C=N–C) groups is 1. The first-order valence-corrected chi connectivity index (χ1v) is 20.8. The number of carbonyl (C=O) groups excluding carboxylic acids is 1. The summed E-state index contributed by atoms with van der Waals surface area (Å²) in [5.41, 5.74) is 5.76. The number of carbonyl (C=O) groups is 1. The third kappa shape index (κ3) is 8.26. The molecule has 0 saturated carbocycles. The van der Waals surface area contributed by atoms with Gasteiger partial charge in [-0.15, -0.1) is 46.3 Å². The zero-order chi connectivity index (χ0) is 36.6.